The second-order valence-corrected chi connectivity index (χ2v) is 5.20. The fraction of sp³-hybridized carbons (Fsp3) is 0.562. The highest BCUT2D eigenvalue weighted by atomic mass is 15.3. The minimum absolute atomic E-state index is 0.161. The van der Waals surface area contributed by atoms with Gasteiger partial charge in [-0.25, -0.2) is 0 Å². The monoisotopic (exact) mass is 287 g/mol. The lowest BCUT2D eigenvalue weighted by atomic mass is 10.1. The molecule has 2 heterocycles. The molecule has 114 valence electrons. The predicted molar refractivity (Wildman–Crippen MR) is 84.0 cm³/mol. The van der Waals surface area contributed by atoms with Crippen LogP contribution in [0.25, 0.3) is 0 Å². The maximum atomic E-state index is 4.73. The molecule has 0 spiro atoms. The molecule has 2 aromatic rings. The average Bonchev–Trinajstić information content (AvgIpc) is 2.97. The molecular formula is C16H25N5. The van der Waals surface area contributed by atoms with Crippen LogP contribution in [-0.2, 0) is 6.42 Å². The molecule has 0 aliphatic carbocycles. The second-order valence-electron chi connectivity index (χ2n) is 5.20. The van der Waals surface area contributed by atoms with Gasteiger partial charge >= 0.3 is 0 Å². The van der Waals surface area contributed by atoms with E-state index >= 15 is 0 Å². The van der Waals surface area contributed by atoms with Crippen molar-refractivity contribution in [3.63, 3.8) is 0 Å². The van der Waals surface area contributed by atoms with Gasteiger partial charge in [-0.2, -0.15) is 5.10 Å². The molecule has 1 atom stereocenters. The Bertz CT molecular complexity index is 518. The minimum Gasteiger partial charge on any atom is -0.309 e. The number of rotatable bonds is 8. The maximum absolute atomic E-state index is 4.73. The van der Waals surface area contributed by atoms with Crippen molar-refractivity contribution >= 4 is 0 Å². The molecule has 0 amide bonds. The van der Waals surface area contributed by atoms with Crippen LogP contribution in [0.3, 0.4) is 0 Å². The lowest BCUT2D eigenvalue weighted by Crippen LogP contribution is -2.24. The predicted octanol–water partition coefficient (Wildman–Crippen LogP) is 2.93. The Balaban J connectivity index is 2.11. The van der Waals surface area contributed by atoms with Crippen molar-refractivity contribution in [2.24, 2.45) is 0 Å². The molecule has 0 saturated carbocycles. The Hall–Kier alpha value is -1.75. The average molecular weight is 287 g/mol. The van der Waals surface area contributed by atoms with Crippen LogP contribution in [0.5, 0.6) is 0 Å². The number of hydrogen-bond acceptors (Lipinski definition) is 4. The summed E-state index contributed by atoms with van der Waals surface area (Å²) in [5.41, 5.74) is 2.06. The highest BCUT2D eigenvalue weighted by Gasteiger charge is 2.15. The van der Waals surface area contributed by atoms with Crippen molar-refractivity contribution in [2.45, 2.75) is 52.1 Å². The first kappa shape index (κ1) is 15.6. The minimum atomic E-state index is 0.161. The molecule has 5 nitrogen and oxygen atoms in total. The van der Waals surface area contributed by atoms with Gasteiger partial charge < -0.3 is 5.32 Å². The van der Waals surface area contributed by atoms with Crippen molar-refractivity contribution in [3.05, 3.63) is 42.2 Å². The summed E-state index contributed by atoms with van der Waals surface area (Å²) in [6.07, 6.45) is 10.4. The smallest absolute Gasteiger partial charge is 0.0760 e. The van der Waals surface area contributed by atoms with Crippen LogP contribution in [0.2, 0.25) is 0 Å². The maximum Gasteiger partial charge on any atom is 0.0760 e. The van der Waals surface area contributed by atoms with Crippen LogP contribution in [-0.4, -0.2) is 26.3 Å². The van der Waals surface area contributed by atoms with Crippen LogP contribution in [0.1, 0.15) is 57.1 Å². The zero-order valence-corrected chi connectivity index (χ0v) is 13.2. The molecule has 21 heavy (non-hydrogen) atoms. The van der Waals surface area contributed by atoms with Gasteiger partial charge in [0, 0.05) is 31.2 Å². The van der Waals surface area contributed by atoms with Crippen LogP contribution >= 0.6 is 0 Å². The van der Waals surface area contributed by atoms with E-state index in [0.29, 0.717) is 6.04 Å². The molecular weight excluding hydrogens is 262 g/mol. The van der Waals surface area contributed by atoms with Crippen molar-refractivity contribution in [1.29, 1.82) is 0 Å². The molecule has 0 aliphatic heterocycles. The van der Waals surface area contributed by atoms with E-state index in [2.05, 4.69) is 53.0 Å². The quantitative estimate of drug-likeness (QED) is 0.811. The van der Waals surface area contributed by atoms with Gasteiger partial charge in [-0.05, 0) is 25.5 Å². The van der Waals surface area contributed by atoms with E-state index in [4.69, 9.17) is 5.10 Å². The molecule has 0 saturated heterocycles. The first-order valence-corrected chi connectivity index (χ1v) is 7.81. The summed E-state index contributed by atoms with van der Waals surface area (Å²) in [4.78, 5) is 8.57. The summed E-state index contributed by atoms with van der Waals surface area (Å²) in [7, 11) is 0. The molecule has 2 aromatic heterocycles. The normalized spacial score (nSPS) is 12.8. The summed E-state index contributed by atoms with van der Waals surface area (Å²) in [5, 5.41) is 8.19. The van der Waals surface area contributed by atoms with Crippen molar-refractivity contribution in [1.82, 2.24) is 25.1 Å². The Morgan fingerprint density at radius 2 is 2.00 bits per heavy atom. The lowest BCUT2D eigenvalue weighted by molar-refractivity contribution is 0.422. The highest BCUT2D eigenvalue weighted by molar-refractivity contribution is 5.09. The molecule has 2 rings (SSSR count). The number of nitrogens with one attached hydrogen (secondary N) is 1. The van der Waals surface area contributed by atoms with Gasteiger partial charge in [0.1, 0.15) is 0 Å². The Morgan fingerprint density at radius 3 is 2.62 bits per heavy atom. The molecule has 0 fully saturated rings. The SMILES string of the molecule is CCNC(Cc1ccn(C(CC)CC)n1)c1cnccn1. The zero-order valence-electron chi connectivity index (χ0n) is 13.2. The Labute approximate surface area is 126 Å². The highest BCUT2D eigenvalue weighted by Crippen LogP contribution is 2.18. The number of hydrogen-bond donors (Lipinski definition) is 1. The van der Waals surface area contributed by atoms with Crippen molar-refractivity contribution in [3.8, 4) is 0 Å². The van der Waals surface area contributed by atoms with Gasteiger partial charge in [-0.3, -0.25) is 14.6 Å². The zero-order chi connectivity index (χ0) is 15.1. The van der Waals surface area contributed by atoms with Gasteiger partial charge in [-0.1, -0.05) is 20.8 Å². The third-order valence-corrected chi connectivity index (χ3v) is 3.78. The second kappa shape index (κ2) is 7.88. The Morgan fingerprint density at radius 1 is 1.19 bits per heavy atom. The van der Waals surface area contributed by atoms with Crippen LogP contribution in [0.15, 0.2) is 30.9 Å². The van der Waals surface area contributed by atoms with Gasteiger partial charge in [0.05, 0.1) is 23.5 Å². The fourth-order valence-corrected chi connectivity index (χ4v) is 2.58. The van der Waals surface area contributed by atoms with E-state index < -0.39 is 0 Å². The molecule has 1 unspecified atom stereocenters. The van der Waals surface area contributed by atoms with E-state index in [0.717, 1.165) is 37.2 Å². The summed E-state index contributed by atoms with van der Waals surface area (Å²) < 4.78 is 2.09. The van der Waals surface area contributed by atoms with E-state index in [1.54, 1.807) is 12.4 Å². The van der Waals surface area contributed by atoms with E-state index in [9.17, 15) is 0 Å². The van der Waals surface area contributed by atoms with E-state index in [1.807, 2.05) is 6.20 Å². The first-order valence-electron chi connectivity index (χ1n) is 7.81. The molecule has 1 N–H and O–H groups in total. The van der Waals surface area contributed by atoms with Gasteiger partial charge in [0.2, 0.25) is 0 Å². The van der Waals surface area contributed by atoms with Crippen molar-refractivity contribution in [2.75, 3.05) is 6.54 Å². The molecule has 0 aliphatic rings. The summed E-state index contributed by atoms with van der Waals surface area (Å²) in [6, 6.07) is 2.76. The molecule has 0 bridgehead atoms. The lowest BCUT2D eigenvalue weighted by Gasteiger charge is -2.16. The van der Waals surface area contributed by atoms with Crippen molar-refractivity contribution < 1.29 is 0 Å². The molecule has 0 radical (unpaired) electrons. The van der Waals surface area contributed by atoms with Crippen LogP contribution < -0.4 is 5.32 Å². The molecule has 5 heteroatoms. The van der Waals surface area contributed by atoms with E-state index in [1.165, 1.54) is 0 Å². The molecule has 0 aromatic carbocycles. The van der Waals surface area contributed by atoms with E-state index in [-0.39, 0.29) is 6.04 Å². The standard InChI is InChI=1S/C16H25N5/c1-4-14(5-2)21-10-7-13(20-21)11-15(18-6-3)16-12-17-8-9-19-16/h7-10,12,14-15,18H,4-6,11H2,1-3H3. The van der Waals surface area contributed by atoms with Crippen LogP contribution in [0, 0.1) is 0 Å². The fourth-order valence-electron chi connectivity index (χ4n) is 2.58. The summed E-state index contributed by atoms with van der Waals surface area (Å²) >= 11 is 0. The third-order valence-electron chi connectivity index (χ3n) is 3.78. The van der Waals surface area contributed by atoms with Gasteiger partial charge in [-0.15, -0.1) is 0 Å². The first-order chi connectivity index (χ1) is 10.3. The Kier molecular flexibility index (Phi) is 5.87. The van der Waals surface area contributed by atoms with Gasteiger partial charge in [0.25, 0.3) is 0 Å². The van der Waals surface area contributed by atoms with Gasteiger partial charge in [0.15, 0.2) is 0 Å². The van der Waals surface area contributed by atoms with Crippen LogP contribution in [0.4, 0.5) is 0 Å². The summed E-state index contributed by atoms with van der Waals surface area (Å²) in [5.74, 6) is 0. The topological polar surface area (TPSA) is 55.6 Å². The number of nitrogens with zero attached hydrogens (tertiary/aromatic N) is 4. The third kappa shape index (κ3) is 4.11. The largest absolute Gasteiger partial charge is 0.309 e. The number of aromatic nitrogens is 4. The number of likely N-dealkylation sites (N-methyl/N-ethyl adjacent to an activating group) is 1. The summed E-state index contributed by atoms with van der Waals surface area (Å²) in [6.45, 7) is 7.41.